The molecule has 0 aromatic heterocycles. The van der Waals surface area contributed by atoms with E-state index in [0.717, 1.165) is 39.0 Å². The molecule has 4 nitrogen and oxygen atoms in total. The molecule has 1 amide bonds. The van der Waals surface area contributed by atoms with E-state index in [2.05, 4.69) is 26.0 Å². The molecule has 0 bridgehead atoms. The molecule has 4 heteroatoms. The quantitative estimate of drug-likeness (QED) is 0.787. The summed E-state index contributed by atoms with van der Waals surface area (Å²) in [5, 5.41) is 0. The third-order valence-electron chi connectivity index (χ3n) is 4.65. The first-order valence-electron chi connectivity index (χ1n) is 8.68. The SMILES string of the molecule is CC(C)(CC(=O)N1CCC(OCCCN)CC1)c1ccccc1. The van der Waals surface area contributed by atoms with Crippen molar-refractivity contribution >= 4 is 5.91 Å². The highest BCUT2D eigenvalue weighted by molar-refractivity contribution is 5.77. The molecule has 1 saturated heterocycles. The molecule has 0 atom stereocenters. The fraction of sp³-hybridized carbons (Fsp3) is 0.632. The molecule has 2 N–H and O–H groups in total. The van der Waals surface area contributed by atoms with Gasteiger partial charge in [0.1, 0.15) is 0 Å². The Kier molecular flexibility index (Phi) is 6.60. The Hall–Kier alpha value is -1.39. The number of hydrogen-bond acceptors (Lipinski definition) is 3. The Morgan fingerprint density at radius 3 is 2.52 bits per heavy atom. The van der Waals surface area contributed by atoms with Crippen LogP contribution in [0.3, 0.4) is 0 Å². The summed E-state index contributed by atoms with van der Waals surface area (Å²) in [6, 6.07) is 10.3. The lowest BCUT2D eigenvalue weighted by Crippen LogP contribution is -2.43. The predicted octanol–water partition coefficient (Wildman–Crippen LogP) is 2.71. The number of amides is 1. The molecule has 23 heavy (non-hydrogen) atoms. The molecule has 128 valence electrons. The van der Waals surface area contributed by atoms with Crippen LogP contribution in [0.1, 0.15) is 45.1 Å². The maximum Gasteiger partial charge on any atom is 0.223 e. The van der Waals surface area contributed by atoms with Crippen molar-refractivity contribution in [2.45, 2.75) is 51.0 Å². The minimum Gasteiger partial charge on any atom is -0.378 e. The first kappa shape index (κ1) is 18.0. The van der Waals surface area contributed by atoms with Gasteiger partial charge in [0, 0.05) is 26.1 Å². The number of piperidine rings is 1. The number of ether oxygens (including phenoxy) is 1. The number of nitrogens with two attached hydrogens (primary N) is 1. The lowest BCUT2D eigenvalue weighted by Gasteiger charge is -2.34. The number of benzene rings is 1. The molecule has 1 aliphatic heterocycles. The monoisotopic (exact) mass is 318 g/mol. The van der Waals surface area contributed by atoms with Crippen LogP contribution in [0.15, 0.2) is 30.3 Å². The van der Waals surface area contributed by atoms with E-state index in [4.69, 9.17) is 10.5 Å². The highest BCUT2D eigenvalue weighted by Crippen LogP contribution is 2.28. The van der Waals surface area contributed by atoms with Gasteiger partial charge < -0.3 is 15.4 Å². The zero-order valence-corrected chi connectivity index (χ0v) is 14.5. The summed E-state index contributed by atoms with van der Waals surface area (Å²) in [6.45, 7) is 7.29. The van der Waals surface area contributed by atoms with Crippen LogP contribution >= 0.6 is 0 Å². The minimum absolute atomic E-state index is 0.132. The van der Waals surface area contributed by atoms with E-state index in [1.54, 1.807) is 0 Å². The van der Waals surface area contributed by atoms with Gasteiger partial charge in [-0.1, -0.05) is 44.2 Å². The fourth-order valence-electron chi connectivity index (χ4n) is 3.09. The standard InChI is InChI=1S/C19H30N2O2/c1-19(2,16-7-4-3-5-8-16)15-18(22)21-12-9-17(10-13-21)23-14-6-11-20/h3-5,7-8,17H,6,9-15,20H2,1-2H3. The highest BCUT2D eigenvalue weighted by atomic mass is 16.5. The Labute approximate surface area is 140 Å². The molecule has 1 aromatic rings. The largest absolute Gasteiger partial charge is 0.378 e. The second-order valence-corrected chi connectivity index (χ2v) is 7.02. The van der Waals surface area contributed by atoms with Gasteiger partial charge in [0.25, 0.3) is 0 Å². The number of nitrogens with zero attached hydrogens (tertiary/aromatic N) is 1. The zero-order chi connectivity index (χ0) is 16.7. The third-order valence-corrected chi connectivity index (χ3v) is 4.65. The maximum atomic E-state index is 12.6. The first-order valence-corrected chi connectivity index (χ1v) is 8.68. The first-order chi connectivity index (χ1) is 11.0. The Balaban J connectivity index is 1.81. The van der Waals surface area contributed by atoms with Crippen molar-refractivity contribution in [1.82, 2.24) is 4.90 Å². The van der Waals surface area contributed by atoms with Gasteiger partial charge in [-0.25, -0.2) is 0 Å². The average Bonchev–Trinajstić information content (AvgIpc) is 2.56. The molecule has 0 saturated carbocycles. The molecule has 1 heterocycles. The van der Waals surface area contributed by atoms with Gasteiger partial charge >= 0.3 is 0 Å². The van der Waals surface area contributed by atoms with Crippen LogP contribution in [-0.4, -0.2) is 43.2 Å². The van der Waals surface area contributed by atoms with Crippen molar-refractivity contribution in [2.24, 2.45) is 5.73 Å². The van der Waals surface area contributed by atoms with Gasteiger partial charge in [-0.3, -0.25) is 4.79 Å². The van der Waals surface area contributed by atoms with Crippen LogP contribution in [0.5, 0.6) is 0 Å². The smallest absolute Gasteiger partial charge is 0.223 e. The number of likely N-dealkylation sites (tertiary alicyclic amines) is 1. The van der Waals surface area contributed by atoms with Crippen molar-refractivity contribution in [1.29, 1.82) is 0 Å². The predicted molar refractivity (Wildman–Crippen MR) is 93.3 cm³/mol. The third kappa shape index (κ3) is 5.33. The summed E-state index contributed by atoms with van der Waals surface area (Å²) in [5.41, 5.74) is 6.56. The van der Waals surface area contributed by atoms with Crippen molar-refractivity contribution in [3.63, 3.8) is 0 Å². The summed E-state index contributed by atoms with van der Waals surface area (Å²) >= 11 is 0. The summed E-state index contributed by atoms with van der Waals surface area (Å²) < 4.78 is 5.80. The normalized spacial score (nSPS) is 16.6. The van der Waals surface area contributed by atoms with Crippen LogP contribution in [0.4, 0.5) is 0 Å². The van der Waals surface area contributed by atoms with Crippen LogP contribution in [0.25, 0.3) is 0 Å². The number of carbonyl (C=O) groups is 1. The van der Waals surface area contributed by atoms with E-state index >= 15 is 0 Å². The Bertz CT molecular complexity index is 479. The summed E-state index contributed by atoms with van der Waals surface area (Å²) in [7, 11) is 0. The molecule has 1 aliphatic rings. The van der Waals surface area contributed by atoms with E-state index in [9.17, 15) is 4.79 Å². The van der Waals surface area contributed by atoms with Gasteiger partial charge in [0.2, 0.25) is 5.91 Å². The molecule has 0 unspecified atom stereocenters. The lowest BCUT2D eigenvalue weighted by atomic mass is 9.81. The molecule has 0 aliphatic carbocycles. The molecule has 1 aromatic carbocycles. The molecule has 0 radical (unpaired) electrons. The molecule has 2 rings (SSSR count). The molecule has 1 fully saturated rings. The molecular formula is C19H30N2O2. The minimum atomic E-state index is -0.132. The van der Waals surface area contributed by atoms with Crippen molar-refractivity contribution in [3.8, 4) is 0 Å². The van der Waals surface area contributed by atoms with Crippen LogP contribution < -0.4 is 5.73 Å². The number of rotatable bonds is 7. The zero-order valence-electron chi connectivity index (χ0n) is 14.5. The van der Waals surface area contributed by atoms with E-state index < -0.39 is 0 Å². The second-order valence-electron chi connectivity index (χ2n) is 7.02. The number of hydrogen-bond donors (Lipinski definition) is 1. The van der Waals surface area contributed by atoms with Gasteiger partial charge in [-0.15, -0.1) is 0 Å². The summed E-state index contributed by atoms with van der Waals surface area (Å²) in [4.78, 5) is 14.6. The van der Waals surface area contributed by atoms with Crippen LogP contribution in [-0.2, 0) is 14.9 Å². The highest BCUT2D eigenvalue weighted by Gasteiger charge is 2.29. The van der Waals surface area contributed by atoms with Crippen molar-refractivity contribution < 1.29 is 9.53 Å². The fourth-order valence-corrected chi connectivity index (χ4v) is 3.09. The lowest BCUT2D eigenvalue weighted by molar-refractivity contribution is -0.135. The van der Waals surface area contributed by atoms with E-state index in [0.29, 0.717) is 13.0 Å². The Morgan fingerprint density at radius 1 is 1.26 bits per heavy atom. The van der Waals surface area contributed by atoms with Gasteiger partial charge in [0.15, 0.2) is 0 Å². The summed E-state index contributed by atoms with van der Waals surface area (Å²) in [5.74, 6) is 0.249. The molecular weight excluding hydrogens is 288 g/mol. The summed E-state index contributed by atoms with van der Waals surface area (Å²) in [6.07, 6.45) is 3.61. The van der Waals surface area contributed by atoms with Gasteiger partial charge in [0.05, 0.1) is 6.10 Å². The van der Waals surface area contributed by atoms with Gasteiger partial charge in [-0.05, 0) is 36.8 Å². The van der Waals surface area contributed by atoms with E-state index in [1.165, 1.54) is 5.56 Å². The maximum absolute atomic E-state index is 12.6. The average molecular weight is 318 g/mol. The van der Waals surface area contributed by atoms with Crippen molar-refractivity contribution in [2.75, 3.05) is 26.2 Å². The molecule has 0 spiro atoms. The second kappa shape index (κ2) is 8.46. The van der Waals surface area contributed by atoms with Gasteiger partial charge in [-0.2, -0.15) is 0 Å². The topological polar surface area (TPSA) is 55.6 Å². The van der Waals surface area contributed by atoms with Crippen LogP contribution in [0.2, 0.25) is 0 Å². The Morgan fingerprint density at radius 2 is 1.91 bits per heavy atom. The van der Waals surface area contributed by atoms with E-state index in [1.807, 2.05) is 23.1 Å². The number of carbonyl (C=O) groups excluding carboxylic acids is 1. The van der Waals surface area contributed by atoms with E-state index in [-0.39, 0.29) is 17.4 Å². The van der Waals surface area contributed by atoms with Crippen LogP contribution in [0, 0.1) is 0 Å². The van der Waals surface area contributed by atoms with Crippen molar-refractivity contribution in [3.05, 3.63) is 35.9 Å².